The van der Waals surface area contributed by atoms with E-state index < -0.39 is 11.6 Å². The van der Waals surface area contributed by atoms with E-state index in [1.165, 1.54) is 0 Å². The van der Waals surface area contributed by atoms with Crippen molar-refractivity contribution in [2.45, 2.75) is 50.7 Å². The summed E-state index contributed by atoms with van der Waals surface area (Å²) in [6.45, 7) is 3.65. The Balaban J connectivity index is 1.63. The van der Waals surface area contributed by atoms with Gasteiger partial charge in [0.1, 0.15) is 17.4 Å². The van der Waals surface area contributed by atoms with E-state index in [0.29, 0.717) is 37.2 Å². The Morgan fingerprint density at radius 1 is 1.28 bits per heavy atom. The average Bonchev–Trinajstić information content (AvgIpc) is 2.84. The summed E-state index contributed by atoms with van der Waals surface area (Å²) in [4.78, 5) is 41.6. The lowest BCUT2D eigenvalue weighted by Crippen LogP contribution is -2.49. The van der Waals surface area contributed by atoms with Gasteiger partial charge in [0.15, 0.2) is 5.78 Å². The van der Waals surface area contributed by atoms with Crippen molar-refractivity contribution in [3.05, 3.63) is 29.8 Å². The summed E-state index contributed by atoms with van der Waals surface area (Å²) in [5.74, 6) is 0.447. The molecule has 0 aliphatic carbocycles. The second kappa shape index (κ2) is 8.95. The first-order valence-electron chi connectivity index (χ1n) is 10.3. The Labute approximate surface area is 172 Å². The first kappa shape index (κ1) is 21.3. The van der Waals surface area contributed by atoms with Crippen molar-refractivity contribution in [3.8, 4) is 5.75 Å². The number of carbonyl (C=O) groups is 3. The van der Waals surface area contributed by atoms with Crippen molar-refractivity contribution in [1.29, 1.82) is 0 Å². The van der Waals surface area contributed by atoms with Crippen molar-refractivity contribution in [2.24, 2.45) is 0 Å². The van der Waals surface area contributed by atoms with Crippen molar-refractivity contribution in [3.63, 3.8) is 0 Å². The Kier molecular flexibility index (Phi) is 6.57. The quantitative estimate of drug-likeness (QED) is 0.736. The summed E-state index contributed by atoms with van der Waals surface area (Å²) in [5.41, 5.74) is -0.0615. The van der Waals surface area contributed by atoms with Crippen LogP contribution in [-0.2, 0) is 9.59 Å². The number of hydrogen-bond acceptors (Lipinski definition) is 5. The van der Waals surface area contributed by atoms with E-state index >= 15 is 0 Å². The molecule has 1 aromatic rings. The van der Waals surface area contributed by atoms with E-state index in [-0.39, 0.29) is 30.4 Å². The normalized spacial score (nSPS) is 22.8. The molecule has 1 aromatic carbocycles. The molecule has 158 valence electrons. The Morgan fingerprint density at radius 3 is 2.79 bits per heavy atom. The van der Waals surface area contributed by atoms with Crippen molar-refractivity contribution < 1.29 is 19.1 Å². The molecule has 2 atom stereocenters. The molecule has 2 heterocycles. The molecule has 1 fully saturated rings. The number of ether oxygens (including phenoxy) is 1. The smallest absolute Gasteiger partial charge is 0.242 e. The molecule has 0 bridgehead atoms. The highest BCUT2D eigenvalue weighted by Crippen LogP contribution is 2.39. The molecular weight excluding hydrogens is 370 g/mol. The van der Waals surface area contributed by atoms with Gasteiger partial charge in [0, 0.05) is 25.9 Å². The summed E-state index contributed by atoms with van der Waals surface area (Å²) >= 11 is 0. The minimum Gasteiger partial charge on any atom is -0.486 e. The maximum absolute atomic E-state index is 12.7. The van der Waals surface area contributed by atoms with E-state index in [4.69, 9.17) is 4.74 Å². The number of rotatable bonds is 6. The minimum atomic E-state index is -0.669. The molecule has 2 aliphatic rings. The molecule has 7 heteroatoms. The van der Waals surface area contributed by atoms with Crippen LogP contribution >= 0.6 is 0 Å². The van der Waals surface area contributed by atoms with Crippen molar-refractivity contribution >= 4 is 17.6 Å². The lowest BCUT2D eigenvalue weighted by atomic mass is 9.84. The zero-order valence-corrected chi connectivity index (χ0v) is 17.6. The summed E-state index contributed by atoms with van der Waals surface area (Å²) in [6.07, 6.45) is 2.43. The largest absolute Gasteiger partial charge is 0.486 e. The van der Waals surface area contributed by atoms with Crippen LogP contribution in [0.4, 0.5) is 0 Å². The summed E-state index contributed by atoms with van der Waals surface area (Å²) < 4.78 is 6.24. The molecule has 1 spiro atoms. The fourth-order valence-corrected chi connectivity index (χ4v) is 4.08. The van der Waals surface area contributed by atoms with Crippen LogP contribution in [0, 0.1) is 0 Å². The minimum absolute atomic E-state index is 0.0550. The number of para-hydroxylation sites is 1. The van der Waals surface area contributed by atoms with Gasteiger partial charge >= 0.3 is 0 Å². The molecule has 29 heavy (non-hydrogen) atoms. The van der Waals surface area contributed by atoms with Crippen LogP contribution in [0.2, 0.25) is 0 Å². The second-order valence-corrected chi connectivity index (χ2v) is 8.34. The predicted octanol–water partition coefficient (Wildman–Crippen LogP) is 1.86. The third-order valence-electron chi connectivity index (χ3n) is 5.85. The lowest BCUT2D eigenvalue weighted by Gasteiger charge is -2.37. The van der Waals surface area contributed by atoms with E-state index in [2.05, 4.69) is 10.2 Å². The third kappa shape index (κ3) is 4.96. The number of nitrogens with one attached hydrogen (secondary N) is 1. The Morgan fingerprint density at radius 2 is 2.03 bits per heavy atom. The maximum Gasteiger partial charge on any atom is 0.242 e. The van der Waals surface area contributed by atoms with Crippen LogP contribution in [-0.4, -0.2) is 72.8 Å². The highest BCUT2D eigenvalue weighted by atomic mass is 16.5. The molecule has 0 unspecified atom stereocenters. The zero-order chi connectivity index (χ0) is 21.0. The number of fused-ring (bicyclic) bond motifs is 1. The summed E-state index contributed by atoms with van der Waals surface area (Å²) in [6, 6.07) is 6.73. The molecule has 3 rings (SSSR count). The van der Waals surface area contributed by atoms with E-state index in [1.807, 2.05) is 32.3 Å². The summed E-state index contributed by atoms with van der Waals surface area (Å²) in [7, 11) is 3.99. The fourth-order valence-electron chi connectivity index (χ4n) is 4.08. The van der Waals surface area contributed by atoms with Gasteiger partial charge in [0.25, 0.3) is 0 Å². The first-order valence-corrected chi connectivity index (χ1v) is 10.3. The van der Waals surface area contributed by atoms with Gasteiger partial charge in [-0.15, -0.1) is 0 Å². The highest BCUT2D eigenvalue weighted by Gasteiger charge is 2.44. The molecule has 2 aliphatic heterocycles. The van der Waals surface area contributed by atoms with Gasteiger partial charge in [0.05, 0.1) is 12.0 Å². The van der Waals surface area contributed by atoms with Crippen molar-refractivity contribution in [1.82, 2.24) is 15.1 Å². The number of likely N-dealkylation sites (tertiary alicyclic amines) is 1. The number of Topliss-reactive ketones (excluding diaryl/α,β-unsaturated/α-hetero) is 1. The number of ketones is 1. The standard InChI is InChI=1S/C22H31N3O4/c1-16(21(28)23-12-6-13-24(2)3)25-14-11-22(10-9-20(25)27)15-18(26)17-7-4-5-8-19(17)29-22/h4-5,7-8,16H,6,9-15H2,1-3H3,(H,23,28)/t16-,22+/m0/s1. The zero-order valence-electron chi connectivity index (χ0n) is 17.6. The molecule has 2 amide bonds. The molecule has 1 N–H and O–H groups in total. The van der Waals surface area contributed by atoms with Gasteiger partial charge in [-0.3, -0.25) is 14.4 Å². The van der Waals surface area contributed by atoms with Crippen LogP contribution in [0.25, 0.3) is 0 Å². The van der Waals surface area contributed by atoms with E-state index in [0.717, 1.165) is 13.0 Å². The van der Waals surface area contributed by atoms with Crippen LogP contribution in [0.1, 0.15) is 49.4 Å². The lowest BCUT2D eigenvalue weighted by molar-refractivity contribution is -0.139. The molecule has 0 saturated carbocycles. The van der Waals surface area contributed by atoms with Crippen molar-refractivity contribution in [2.75, 3.05) is 33.7 Å². The maximum atomic E-state index is 12.7. The number of amides is 2. The van der Waals surface area contributed by atoms with Gasteiger partial charge in [-0.2, -0.15) is 0 Å². The second-order valence-electron chi connectivity index (χ2n) is 8.34. The topological polar surface area (TPSA) is 79.0 Å². The van der Waals surface area contributed by atoms with Gasteiger partial charge in [-0.05, 0) is 52.5 Å². The van der Waals surface area contributed by atoms with Gasteiger partial charge in [-0.25, -0.2) is 0 Å². The number of hydrogen-bond donors (Lipinski definition) is 1. The molecule has 7 nitrogen and oxygen atoms in total. The van der Waals surface area contributed by atoms with Gasteiger partial charge < -0.3 is 19.9 Å². The van der Waals surface area contributed by atoms with Gasteiger partial charge in [-0.1, -0.05) is 12.1 Å². The van der Waals surface area contributed by atoms with Crippen LogP contribution in [0.5, 0.6) is 5.75 Å². The molecule has 0 aromatic heterocycles. The van der Waals surface area contributed by atoms with Crippen LogP contribution < -0.4 is 10.1 Å². The van der Waals surface area contributed by atoms with E-state index in [9.17, 15) is 14.4 Å². The predicted molar refractivity (Wildman–Crippen MR) is 110 cm³/mol. The number of carbonyl (C=O) groups excluding carboxylic acids is 3. The van der Waals surface area contributed by atoms with Crippen LogP contribution in [0.15, 0.2) is 24.3 Å². The van der Waals surface area contributed by atoms with Gasteiger partial charge in [0.2, 0.25) is 11.8 Å². The highest BCUT2D eigenvalue weighted by molar-refractivity contribution is 6.00. The van der Waals surface area contributed by atoms with Crippen LogP contribution in [0.3, 0.4) is 0 Å². The molecular formula is C22H31N3O4. The first-order chi connectivity index (χ1) is 13.8. The Bertz CT molecular complexity index is 779. The molecule has 1 saturated heterocycles. The fraction of sp³-hybridized carbons (Fsp3) is 0.591. The SMILES string of the molecule is C[C@@H](C(=O)NCCCN(C)C)N1CC[C@]2(CCC1=O)CC(=O)c1ccccc1O2. The number of benzene rings is 1. The third-order valence-corrected chi connectivity index (χ3v) is 5.85. The summed E-state index contributed by atoms with van der Waals surface area (Å²) in [5, 5.41) is 2.92. The van der Waals surface area contributed by atoms with E-state index in [1.54, 1.807) is 17.9 Å². The average molecular weight is 402 g/mol. The number of nitrogens with zero attached hydrogens (tertiary/aromatic N) is 2. The monoisotopic (exact) mass is 401 g/mol. The Hall–Kier alpha value is -2.41. The molecule has 0 radical (unpaired) electrons.